The fraction of sp³-hybridized carbons (Fsp3) is 0.385. The minimum atomic E-state index is 0.111. The number of piperazine rings is 1. The SMILES string of the molecule is CC(=O)N1CCN(c2cc(Br)ccc2C=O)CC1. The topological polar surface area (TPSA) is 40.6 Å². The maximum absolute atomic E-state index is 11.3. The second-order valence-electron chi connectivity index (χ2n) is 4.31. The number of carbonyl (C=O) groups is 2. The Kier molecular flexibility index (Phi) is 4.01. The normalized spacial score (nSPS) is 15.7. The van der Waals surface area contributed by atoms with Gasteiger partial charge >= 0.3 is 0 Å². The van der Waals surface area contributed by atoms with Gasteiger partial charge in [0.1, 0.15) is 0 Å². The highest BCUT2D eigenvalue weighted by Crippen LogP contribution is 2.25. The lowest BCUT2D eigenvalue weighted by Gasteiger charge is -2.36. The monoisotopic (exact) mass is 310 g/mol. The average molecular weight is 311 g/mol. The van der Waals surface area contributed by atoms with Crippen molar-refractivity contribution in [1.29, 1.82) is 0 Å². The maximum atomic E-state index is 11.3. The van der Waals surface area contributed by atoms with Crippen LogP contribution in [0.1, 0.15) is 17.3 Å². The van der Waals surface area contributed by atoms with Gasteiger partial charge in [-0.15, -0.1) is 0 Å². The van der Waals surface area contributed by atoms with Crippen LogP contribution in [0.2, 0.25) is 0 Å². The molecular formula is C13H15BrN2O2. The molecule has 0 aromatic heterocycles. The van der Waals surface area contributed by atoms with Crippen molar-refractivity contribution in [2.45, 2.75) is 6.92 Å². The molecule has 4 nitrogen and oxygen atoms in total. The summed E-state index contributed by atoms with van der Waals surface area (Å²) in [6, 6.07) is 5.62. The number of benzene rings is 1. The number of halogens is 1. The lowest BCUT2D eigenvalue weighted by Crippen LogP contribution is -2.48. The molecule has 0 N–H and O–H groups in total. The van der Waals surface area contributed by atoms with E-state index >= 15 is 0 Å². The van der Waals surface area contributed by atoms with Crippen LogP contribution < -0.4 is 4.90 Å². The van der Waals surface area contributed by atoms with Crippen LogP contribution >= 0.6 is 15.9 Å². The molecule has 5 heteroatoms. The highest BCUT2D eigenvalue weighted by atomic mass is 79.9. The van der Waals surface area contributed by atoms with Crippen molar-refractivity contribution in [1.82, 2.24) is 4.90 Å². The zero-order valence-electron chi connectivity index (χ0n) is 10.2. The van der Waals surface area contributed by atoms with E-state index in [1.165, 1.54) is 0 Å². The second kappa shape index (κ2) is 5.52. The van der Waals surface area contributed by atoms with E-state index in [9.17, 15) is 9.59 Å². The summed E-state index contributed by atoms with van der Waals surface area (Å²) in [5, 5.41) is 0. The Balaban J connectivity index is 2.16. The minimum absolute atomic E-state index is 0.111. The lowest BCUT2D eigenvalue weighted by atomic mass is 10.1. The van der Waals surface area contributed by atoms with Crippen molar-refractivity contribution in [3.05, 3.63) is 28.2 Å². The van der Waals surface area contributed by atoms with E-state index in [0.29, 0.717) is 18.7 Å². The first-order valence-electron chi connectivity index (χ1n) is 5.87. The third kappa shape index (κ3) is 2.72. The van der Waals surface area contributed by atoms with Crippen LogP contribution in [0, 0.1) is 0 Å². The fourth-order valence-electron chi connectivity index (χ4n) is 2.15. The largest absolute Gasteiger partial charge is 0.367 e. The number of amides is 1. The number of hydrogen-bond donors (Lipinski definition) is 0. The fourth-order valence-corrected chi connectivity index (χ4v) is 2.50. The first kappa shape index (κ1) is 13.1. The van der Waals surface area contributed by atoms with Gasteiger partial charge in [-0.05, 0) is 18.2 Å². The van der Waals surface area contributed by atoms with Gasteiger partial charge in [-0.3, -0.25) is 9.59 Å². The van der Waals surface area contributed by atoms with Crippen LogP contribution in [0.25, 0.3) is 0 Å². The molecule has 0 atom stereocenters. The highest BCUT2D eigenvalue weighted by molar-refractivity contribution is 9.10. The molecule has 0 spiro atoms. The van der Waals surface area contributed by atoms with Crippen LogP contribution in [-0.4, -0.2) is 43.3 Å². The third-order valence-electron chi connectivity index (χ3n) is 3.19. The van der Waals surface area contributed by atoms with Gasteiger partial charge in [0, 0.05) is 48.8 Å². The molecule has 2 rings (SSSR count). The van der Waals surface area contributed by atoms with E-state index < -0.39 is 0 Å². The summed E-state index contributed by atoms with van der Waals surface area (Å²) in [4.78, 5) is 26.3. The summed E-state index contributed by atoms with van der Waals surface area (Å²) in [5.74, 6) is 0.111. The van der Waals surface area contributed by atoms with Gasteiger partial charge in [-0.25, -0.2) is 0 Å². The molecule has 1 aromatic rings. The number of rotatable bonds is 2. The van der Waals surface area contributed by atoms with Crippen molar-refractivity contribution in [3.8, 4) is 0 Å². The molecule has 0 radical (unpaired) electrons. The van der Waals surface area contributed by atoms with E-state index in [4.69, 9.17) is 0 Å². The van der Waals surface area contributed by atoms with Crippen LogP contribution in [0.15, 0.2) is 22.7 Å². The van der Waals surface area contributed by atoms with Crippen LogP contribution in [0.5, 0.6) is 0 Å². The molecule has 1 aliphatic rings. The molecule has 1 saturated heterocycles. The molecule has 1 fully saturated rings. The third-order valence-corrected chi connectivity index (χ3v) is 3.68. The summed E-state index contributed by atoms with van der Waals surface area (Å²) in [6.07, 6.45) is 0.874. The molecule has 1 heterocycles. The summed E-state index contributed by atoms with van der Waals surface area (Å²) in [7, 11) is 0. The van der Waals surface area contributed by atoms with E-state index in [1.807, 2.05) is 23.1 Å². The van der Waals surface area contributed by atoms with Crippen molar-refractivity contribution >= 4 is 33.8 Å². The van der Waals surface area contributed by atoms with Crippen molar-refractivity contribution in [2.24, 2.45) is 0 Å². The zero-order chi connectivity index (χ0) is 13.1. The Morgan fingerprint density at radius 1 is 1.28 bits per heavy atom. The summed E-state index contributed by atoms with van der Waals surface area (Å²) < 4.78 is 0.956. The molecular weight excluding hydrogens is 296 g/mol. The number of hydrogen-bond acceptors (Lipinski definition) is 3. The number of aldehydes is 1. The predicted molar refractivity (Wildman–Crippen MR) is 74.0 cm³/mol. The summed E-state index contributed by atoms with van der Waals surface area (Å²) in [5.41, 5.74) is 1.62. The standard InChI is InChI=1S/C13H15BrN2O2/c1-10(18)15-4-6-16(7-5-15)13-8-12(14)3-2-11(13)9-17/h2-3,8-9H,4-7H2,1H3. The van der Waals surface area contributed by atoms with E-state index in [1.54, 1.807) is 6.92 Å². The smallest absolute Gasteiger partial charge is 0.219 e. The van der Waals surface area contributed by atoms with Crippen molar-refractivity contribution in [3.63, 3.8) is 0 Å². The molecule has 96 valence electrons. The van der Waals surface area contributed by atoms with Crippen LogP contribution in [0.4, 0.5) is 5.69 Å². The Labute approximate surface area is 115 Å². The molecule has 18 heavy (non-hydrogen) atoms. The predicted octanol–water partition coefficient (Wildman–Crippen LogP) is 1.93. The van der Waals surface area contributed by atoms with Gasteiger partial charge in [-0.2, -0.15) is 0 Å². The second-order valence-corrected chi connectivity index (χ2v) is 5.23. The zero-order valence-corrected chi connectivity index (χ0v) is 11.8. The Hall–Kier alpha value is -1.36. The quantitative estimate of drug-likeness (QED) is 0.784. The van der Waals surface area contributed by atoms with Gasteiger partial charge in [0.25, 0.3) is 0 Å². The summed E-state index contributed by atoms with van der Waals surface area (Å²) >= 11 is 3.42. The van der Waals surface area contributed by atoms with E-state index in [0.717, 1.165) is 29.5 Å². The molecule has 0 aliphatic carbocycles. The van der Waals surface area contributed by atoms with Gasteiger partial charge in [0.2, 0.25) is 5.91 Å². The first-order chi connectivity index (χ1) is 8.61. The molecule has 1 aromatic carbocycles. The van der Waals surface area contributed by atoms with E-state index in [-0.39, 0.29) is 5.91 Å². The Bertz CT molecular complexity index is 468. The first-order valence-corrected chi connectivity index (χ1v) is 6.66. The number of carbonyl (C=O) groups excluding carboxylic acids is 2. The molecule has 0 unspecified atom stereocenters. The van der Waals surface area contributed by atoms with Gasteiger partial charge in [0.05, 0.1) is 0 Å². The maximum Gasteiger partial charge on any atom is 0.219 e. The van der Waals surface area contributed by atoms with Crippen molar-refractivity contribution < 1.29 is 9.59 Å². The van der Waals surface area contributed by atoms with Gasteiger partial charge < -0.3 is 9.80 Å². The molecule has 1 amide bonds. The van der Waals surface area contributed by atoms with Gasteiger partial charge in [0.15, 0.2) is 6.29 Å². The molecule has 1 aliphatic heterocycles. The Morgan fingerprint density at radius 3 is 2.50 bits per heavy atom. The van der Waals surface area contributed by atoms with Crippen molar-refractivity contribution in [2.75, 3.05) is 31.1 Å². The highest BCUT2D eigenvalue weighted by Gasteiger charge is 2.20. The van der Waals surface area contributed by atoms with E-state index in [2.05, 4.69) is 20.8 Å². The molecule has 0 bridgehead atoms. The number of anilines is 1. The average Bonchev–Trinajstić information content (AvgIpc) is 2.39. The van der Waals surface area contributed by atoms with Crippen LogP contribution in [0.3, 0.4) is 0 Å². The minimum Gasteiger partial charge on any atom is -0.367 e. The van der Waals surface area contributed by atoms with Crippen LogP contribution in [-0.2, 0) is 4.79 Å². The number of nitrogens with zero attached hydrogens (tertiary/aromatic N) is 2. The summed E-state index contributed by atoms with van der Waals surface area (Å²) in [6.45, 7) is 4.53. The van der Waals surface area contributed by atoms with Gasteiger partial charge in [-0.1, -0.05) is 15.9 Å². The lowest BCUT2D eigenvalue weighted by molar-refractivity contribution is -0.129. The Morgan fingerprint density at radius 2 is 1.94 bits per heavy atom. The molecule has 0 saturated carbocycles.